The molecule has 148 valence electrons. The molecule has 4 aromatic rings. The van der Waals surface area contributed by atoms with Gasteiger partial charge in [0.1, 0.15) is 24.0 Å². The van der Waals surface area contributed by atoms with Crippen molar-refractivity contribution in [3.05, 3.63) is 30.3 Å². The second kappa shape index (κ2) is 6.04. The van der Waals surface area contributed by atoms with Crippen LogP contribution in [0.5, 0.6) is 5.75 Å². The van der Waals surface area contributed by atoms with E-state index in [9.17, 15) is 4.39 Å². The molecule has 0 saturated heterocycles. The van der Waals surface area contributed by atoms with Gasteiger partial charge in [-0.3, -0.25) is 0 Å². The normalized spacial score (nSPS) is 20.7. The zero-order valence-electron chi connectivity index (χ0n) is 15.6. The third-order valence-electron chi connectivity index (χ3n) is 5.67. The Kier molecular flexibility index (Phi) is 3.44. The number of nitrogens with zero attached hydrogens (tertiary/aromatic N) is 1. The molecule has 0 spiro atoms. The van der Waals surface area contributed by atoms with Crippen molar-refractivity contribution in [2.45, 2.75) is 25.1 Å². The van der Waals surface area contributed by atoms with Crippen LogP contribution in [-0.4, -0.2) is 35.3 Å². The molecule has 6 rings (SSSR count). The van der Waals surface area contributed by atoms with Crippen LogP contribution >= 0.6 is 0 Å². The standard InChI is InChI=1S/C21H20FN5O2/c22-11-6-12(7-11)25-13-8-15-18-17(9-13)28-4-3-24-20(18)19(26-15)10-1-2-16-14(5-10)27-21(23)29-16/h1-2,5,8-9,11-12,24-26H,3-4,6-7H2,(H2,23,27)/t11-,12+. The topological polar surface area (TPSA) is 101 Å². The van der Waals surface area contributed by atoms with Crippen molar-refractivity contribution < 1.29 is 13.5 Å². The number of anilines is 3. The van der Waals surface area contributed by atoms with Crippen molar-refractivity contribution in [3.8, 4) is 17.0 Å². The number of alkyl halides is 1. The summed E-state index contributed by atoms with van der Waals surface area (Å²) in [6.45, 7) is 1.27. The van der Waals surface area contributed by atoms with E-state index in [2.05, 4.69) is 26.7 Å². The van der Waals surface area contributed by atoms with Gasteiger partial charge in [0.15, 0.2) is 5.58 Å². The van der Waals surface area contributed by atoms with Gasteiger partial charge in [-0.2, -0.15) is 4.98 Å². The number of nitrogen functional groups attached to an aromatic ring is 1. The third-order valence-corrected chi connectivity index (χ3v) is 5.67. The second-order valence-electron chi connectivity index (χ2n) is 7.69. The van der Waals surface area contributed by atoms with Crippen LogP contribution in [0.4, 0.5) is 21.8 Å². The highest BCUT2D eigenvalue weighted by molar-refractivity contribution is 6.07. The first-order valence-corrected chi connectivity index (χ1v) is 9.77. The number of aromatic amines is 1. The summed E-state index contributed by atoms with van der Waals surface area (Å²) >= 11 is 0. The first-order valence-electron chi connectivity index (χ1n) is 9.77. The molecule has 3 heterocycles. The fraction of sp³-hybridized carbons (Fsp3) is 0.286. The Morgan fingerprint density at radius 1 is 1.21 bits per heavy atom. The van der Waals surface area contributed by atoms with E-state index >= 15 is 0 Å². The van der Waals surface area contributed by atoms with Crippen LogP contribution in [0.3, 0.4) is 0 Å². The summed E-state index contributed by atoms with van der Waals surface area (Å²) < 4.78 is 24.6. The average Bonchev–Trinajstić information content (AvgIpc) is 3.14. The molecule has 7 nitrogen and oxygen atoms in total. The Morgan fingerprint density at radius 2 is 2.10 bits per heavy atom. The molecule has 0 unspecified atom stereocenters. The lowest BCUT2D eigenvalue weighted by atomic mass is 9.90. The molecule has 1 saturated carbocycles. The van der Waals surface area contributed by atoms with Gasteiger partial charge >= 0.3 is 0 Å². The summed E-state index contributed by atoms with van der Waals surface area (Å²) in [7, 11) is 0. The lowest BCUT2D eigenvalue weighted by Gasteiger charge is -2.31. The molecule has 0 radical (unpaired) electrons. The van der Waals surface area contributed by atoms with Gasteiger partial charge in [0, 0.05) is 29.9 Å². The molecule has 0 atom stereocenters. The lowest BCUT2D eigenvalue weighted by molar-refractivity contribution is 0.192. The molecule has 1 aliphatic heterocycles. The van der Waals surface area contributed by atoms with Gasteiger partial charge in [-0.1, -0.05) is 0 Å². The number of fused-ring (bicyclic) bond motifs is 1. The molecular formula is C21H20FN5O2. The maximum Gasteiger partial charge on any atom is 0.292 e. The largest absolute Gasteiger partial charge is 0.491 e. The van der Waals surface area contributed by atoms with E-state index in [1.54, 1.807) is 0 Å². The van der Waals surface area contributed by atoms with E-state index in [1.165, 1.54) is 0 Å². The number of nitrogens with two attached hydrogens (primary N) is 1. The van der Waals surface area contributed by atoms with E-state index in [1.807, 2.05) is 24.3 Å². The molecule has 2 aromatic heterocycles. The van der Waals surface area contributed by atoms with Crippen LogP contribution in [0.25, 0.3) is 33.3 Å². The minimum atomic E-state index is -0.692. The molecule has 1 fully saturated rings. The fourth-order valence-electron chi connectivity index (χ4n) is 4.22. The van der Waals surface area contributed by atoms with Crippen LogP contribution in [0.1, 0.15) is 12.8 Å². The molecular weight excluding hydrogens is 373 g/mol. The maximum absolute atomic E-state index is 13.2. The third kappa shape index (κ3) is 2.66. The summed E-state index contributed by atoms with van der Waals surface area (Å²) in [5, 5.41) is 7.92. The number of benzene rings is 2. The average molecular weight is 393 g/mol. The number of rotatable bonds is 3. The minimum absolute atomic E-state index is 0.156. The number of H-pyrrole nitrogens is 1. The van der Waals surface area contributed by atoms with Crippen molar-refractivity contribution in [1.82, 2.24) is 9.97 Å². The highest BCUT2D eigenvalue weighted by atomic mass is 19.1. The smallest absolute Gasteiger partial charge is 0.292 e. The number of aromatic nitrogens is 2. The summed E-state index contributed by atoms with van der Waals surface area (Å²) in [5.41, 5.74) is 11.9. The van der Waals surface area contributed by atoms with Gasteiger partial charge < -0.3 is 30.5 Å². The van der Waals surface area contributed by atoms with E-state index in [-0.39, 0.29) is 12.1 Å². The predicted molar refractivity (Wildman–Crippen MR) is 111 cm³/mol. The zero-order valence-corrected chi connectivity index (χ0v) is 15.6. The Morgan fingerprint density at radius 3 is 2.97 bits per heavy atom. The van der Waals surface area contributed by atoms with Gasteiger partial charge in [-0.25, -0.2) is 4.39 Å². The van der Waals surface area contributed by atoms with Crippen molar-refractivity contribution in [2.75, 3.05) is 29.5 Å². The number of hydrogen-bond donors (Lipinski definition) is 4. The maximum atomic E-state index is 13.2. The van der Waals surface area contributed by atoms with Crippen LogP contribution in [0, 0.1) is 0 Å². The summed E-state index contributed by atoms with van der Waals surface area (Å²) in [6.07, 6.45) is 0.415. The number of hydrogen-bond acceptors (Lipinski definition) is 6. The van der Waals surface area contributed by atoms with Crippen LogP contribution in [0.15, 0.2) is 34.7 Å². The molecule has 2 aromatic carbocycles. The van der Waals surface area contributed by atoms with E-state index in [0.717, 1.165) is 39.3 Å². The Hall–Kier alpha value is -3.42. The van der Waals surface area contributed by atoms with Crippen LogP contribution in [-0.2, 0) is 0 Å². The molecule has 1 aliphatic carbocycles. The Balaban J connectivity index is 1.48. The van der Waals surface area contributed by atoms with E-state index < -0.39 is 6.17 Å². The molecule has 0 bridgehead atoms. The summed E-state index contributed by atoms with van der Waals surface area (Å²) in [5.74, 6) is 0.815. The van der Waals surface area contributed by atoms with E-state index in [0.29, 0.717) is 37.1 Å². The molecule has 2 aliphatic rings. The van der Waals surface area contributed by atoms with Gasteiger partial charge in [0.2, 0.25) is 0 Å². The first kappa shape index (κ1) is 16.5. The van der Waals surface area contributed by atoms with Gasteiger partial charge in [0.25, 0.3) is 6.01 Å². The summed E-state index contributed by atoms with van der Waals surface area (Å²) in [4.78, 5) is 7.76. The highest BCUT2D eigenvalue weighted by Gasteiger charge is 2.29. The minimum Gasteiger partial charge on any atom is -0.491 e. The fourth-order valence-corrected chi connectivity index (χ4v) is 4.22. The number of halogens is 1. The van der Waals surface area contributed by atoms with Gasteiger partial charge in [0.05, 0.1) is 22.3 Å². The van der Waals surface area contributed by atoms with Crippen LogP contribution < -0.4 is 21.1 Å². The molecule has 8 heteroatoms. The SMILES string of the molecule is Nc1nc2cc(-c3[nH]c4cc(N[C@H]5C[C@@H](F)C5)cc5c4c3NCCO5)ccc2o1. The zero-order chi connectivity index (χ0) is 19.5. The molecule has 29 heavy (non-hydrogen) atoms. The van der Waals surface area contributed by atoms with Crippen molar-refractivity contribution >= 4 is 39.4 Å². The van der Waals surface area contributed by atoms with Crippen molar-refractivity contribution in [2.24, 2.45) is 0 Å². The first-order chi connectivity index (χ1) is 14.1. The summed E-state index contributed by atoms with van der Waals surface area (Å²) in [6, 6.07) is 10.2. The number of nitrogens with one attached hydrogen (secondary N) is 3. The van der Waals surface area contributed by atoms with Crippen LogP contribution in [0.2, 0.25) is 0 Å². The highest BCUT2D eigenvalue weighted by Crippen LogP contribution is 2.43. The lowest BCUT2D eigenvalue weighted by Crippen LogP contribution is -2.36. The number of ether oxygens (including phenoxy) is 1. The van der Waals surface area contributed by atoms with Gasteiger partial charge in [-0.05, 0) is 37.1 Å². The second-order valence-corrected chi connectivity index (χ2v) is 7.69. The van der Waals surface area contributed by atoms with E-state index in [4.69, 9.17) is 14.9 Å². The monoisotopic (exact) mass is 393 g/mol. The molecule has 0 amide bonds. The predicted octanol–water partition coefficient (Wildman–Crippen LogP) is 4.28. The number of oxazole rings is 1. The Bertz CT molecular complexity index is 1240. The molecule has 5 N–H and O–H groups in total. The van der Waals surface area contributed by atoms with Crippen molar-refractivity contribution in [3.63, 3.8) is 0 Å². The van der Waals surface area contributed by atoms with Crippen molar-refractivity contribution in [1.29, 1.82) is 0 Å². The Labute approximate surface area is 165 Å². The quantitative estimate of drug-likeness (QED) is 0.415. The van der Waals surface area contributed by atoms with Gasteiger partial charge in [-0.15, -0.1) is 0 Å².